The first-order valence-corrected chi connectivity index (χ1v) is 3.26. The molecule has 0 amide bonds. The molecule has 0 saturated carbocycles. The summed E-state index contributed by atoms with van der Waals surface area (Å²) in [6, 6.07) is 0. The molecule has 0 heterocycles. The van der Waals surface area contributed by atoms with Crippen molar-refractivity contribution >= 4 is 61.5 Å². The molecule has 0 aliphatic rings. The van der Waals surface area contributed by atoms with E-state index in [0.29, 0.717) is 0 Å². The number of hydrogen-bond acceptors (Lipinski definition) is 2. The molecule has 0 fully saturated rings. The Morgan fingerprint density at radius 2 is 1.55 bits per heavy atom. The van der Waals surface area contributed by atoms with Gasteiger partial charge in [0.15, 0.2) is 0 Å². The Bertz CT molecular complexity index is 211. The summed E-state index contributed by atoms with van der Waals surface area (Å²) >= 11 is 0. The SMILES string of the molecule is O=S(=O)(O)C(F)(F)C(F)F.[K]. The Kier molecular flexibility index (Phi) is 6.03. The maximum absolute atomic E-state index is 11.5. The Balaban J connectivity index is 0. The van der Waals surface area contributed by atoms with Crippen LogP contribution in [0.5, 0.6) is 0 Å². The third-order valence-electron chi connectivity index (χ3n) is 0.598. The van der Waals surface area contributed by atoms with Crippen molar-refractivity contribution in [3.8, 4) is 0 Å². The van der Waals surface area contributed by atoms with Crippen molar-refractivity contribution in [2.75, 3.05) is 0 Å². The zero-order valence-corrected chi connectivity index (χ0v) is 9.20. The van der Waals surface area contributed by atoms with Crippen LogP contribution >= 0.6 is 0 Å². The summed E-state index contributed by atoms with van der Waals surface area (Å²) in [4.78, 5) is 0. The van der Waals surface area contributed by atoms with Crippen LogP contribution in [0.3, 0.4) is 0 Å². The van der Waals surface area contributed by atoms with Gasteiger partial charge in [-0.2, -0.15) is 17.2 Å². The summed E-state index contributed by atoms with van der Waals surface area (Å²) in [5.74, 6) is 0. The van der Waals surface area contributed by atoms with Crippen molar-refractivity contribution in [1.29, 1.82) is 0 Å². The number of hydrogen-bond donors (Lipinski definition) is 1. The molecular weight excluding hydrogens is 219 g/mol. The van der Waals surface area contributed by atoms with Gasteiger partial charge in [0.1, 0.15) is 0 Å². The van der Waals surface area contributed by atoms with E-state index >= 15 is 0 Å². The van der Waals surface area contributed by atoms with Gasteiger partial charge >= 0.3 is 21.8 Å². The average molecular weight is 221 g/mol. The number of alkyl halides is 4. The van der Waals surface area contributed by atoms with Crippen LogP contribution in [0.4, 0.5) is 17.6 Å². The zero-order valence-electron chi connectivity index (χ0n) is 5.26. The molecule has 3 nitrogen and oxygen atoms in total. The monoisotopic (exact) mass is 221 g/mol. The predicted octanol–water partition coefficient (Wildman–Crippen LogP) is 0.351. The molecule has 11 heavy (non-hydrogen) atoms. The van der Waals surface area contributed by atoms with Crippen LogP contribution in [0.2, 0.25) is 0 Å². The molecule has 1 N–H and O–H groups in total. The Labute approximate surface area is 102 Å². The molecule has 0 atom stereocenters. The van der Waals surface area contributed by atoms with Gasteiger partial charge in [0.2, 0.25) is 0 Å². The summed E-state index contributed by atoms with van der Waals surface area (Å²) in [5.41, 5.74) is 0. The Hall–Kier alpha value is 1.27. The van der Waals surface area contributed by atoms with E-state index in [-0.39, 0.29) is 51.4 Å². The van der Waals surface area contributed by atoms with Gasteiger partial charge in [-0.25, -0.2) is 8.78 Å². The fourth-order valence-electron chi connectivity index (χ4n) is 0.113. The summed E-state index contributed by atoms with van der Waals surface area (Å²) in [6.45, 7) is 0. The minimum absolute atomic E-state index is 0. The molecule has 0 rings (SSSR count). The first-order valence-electron chi connectivity index (χ1n) is 1.82. The molecule has 0 aliphatic heterocycles. The van der Waals surface area contributed by atoms with Crippen molar-refractivity contribution < 1.29 is 30.5 Å². The van der Waals surface area contributed by atoms with Crippen LogP contribution < -0.4 is 0 Å². The molecule has 0 aliphatic carbocycles. The summed E-state index contributed by atoms with van der Waals surface area (Å²) < 4.78 is 71.3. The van der Waals surface area contributed by atoms with E-state index in [1.54, 1.807) is 0 Å². The van der Waals surface area contributed by atoms with Gasteiger partial charge in [-0.3, -0.25) is 4.55 Å². The van der Waals surface area contributed by atoms with Gasteiger partial charge in [-0.1, -0.05) is 0 Å². The second kappa shape index (κ2) is 4.49. The Morgan fingerprint density at radius 3 is 1.55 bits per heavy atom. The minimum atomic E-state index is -5.98. The van der Waals surface area contributed by atoms with Gasteiger partial charge in [-0.15, -0.1) is 0 Å². The molecular formula is C2H2F4KO3S. The Morgan fingerprint density at radius 1 is 1.27 bits per heavy atom. The van der Waals surface area contributed by atoms with E-state index in [1.807, 2.05) is 0 Å². The van der Waals surface area contributed by atoms with Crippen LogP contribution in [0.1, 0.15) is 0 Å². The van der Waals surface area contributed by atoms with E-state index in [2.05, 4.69) is 0 Å². The molecule has 0 unspecified atom stereocenters. The van der Waals surface area contributed by atoms with E-state index in [9.17, 15) is 26.0 Å². The van der Waals surface area contributed by atoms with Crippen molar-refractivity contribution in [3.05, 3.63) is 0 Å². The first-order chi connectivity index (χ1) is 4.19. The zero-order chi connectivity index (χ0) is 8.58. The largest absolute Gasteiger partial charge is 0.428 e. The summed E-state index contributed by atoms with van der Waals surface area (Å²) in [5, 5.41) is -5.37. The molecule has 0 saturated heterocycles. The average Bonchev–Trinajstić information content (AvgIpc) is 1.62. The maximum Gasteiger partial charge on any atom is 0.428 e. The topological polar surface area (TPSA) is 54.4 Å². The van der Waals surface area contributed by atoms with Gasteiger partial charge in [0.25, 0.3) is 0 Å². The molecule has 63 valence electrons. The van der Waals surface area contributed by atoms with E-state index in [0.717, 1.165) is 0 Å². The third kappa shape index (κ3) is 3.66. The summed E-state index contributed by atoms with van der Waals surface area (Å²) in [7, 11) is -5.98. The molecule has 0 aromatic carbocycles. The van der Waals surface area contributed by atoms with Crippen molar-refractivity contribution in [2.45, 2.75) is 11.7 Å². The normalized spacial score (nSPS) is 12.9. The second-order valence-corrected chi connectivity index (χ2v) is 2.83. The molecule has 0 aromatic rings. The van der Waals surface area contributed by atoms with Crippen molar-refractivity contribution in [3.63, 3.8) is 0 Å². The molecule has 0 aromatic heterocycles. The quantitative estimate of drug-likeness (QED) is 0.416. The van der Waals surface area contributed by atoms with E-state index in [1.165, 1.54) is 0 Å². The van der Waals surface area contributed by atoms with Crippen LogP contribution in [0.25, 0.3) is 0 Å². The maximum atomic E-state index is 11.5. The van der Waals surface area contributed by atoms with Crippen LogP contribution in [-0.4, -0.2) is 76.0 Å². The van der Waals surface area contributed by atoms with E-state index < -0.39 is 21.8 Å². The van der Waals surface area contributed by atoms with Crippen molar-refractivity contribution in [2.24, 2.45) is 0 Å². The van der Waals surface area contributed by atoms with E-state index in [4.69, 9.17) is 4.55 Å². The molecule has 0 bridgehead atoms. The number of rotatable bonds is 2. The van der Waals surface area contributed by atoms with Gasteiger partial charge < -0.3 is 0 Å². The third-order valence-corrected chi connectivity index (χ3v) is 1.46. The predicted molar refractivity (Wildman–Crippen MR) is 28.3 cm³/mol. The fraction of sp³-hybridized carbons (Fsp3) is 1.00. The van der Waals surface area contributed by atoms with Gasteiger partial charge in [0, 0.05) is 51.4 Å². The summed E-state index contributed by atoms with van der Waals surface area (Å²) in [6.07, 6.45) is -4.41. The fourth-order valence-corrected chi connectivity index (χ4v) is 0.338. The number of halogens is 4. The smallest absolute Gasteiger partial charge is 0.281 e. The van der Waals surface area contributed by atoms with Crippen LogP contribution in [0.15, 0.2) is 0 Å². The van der Waals surface area contributed by atoms with Crippen molar-refractivity contribution in [1.82, 2.24) is 0 Å². The van der Waals surface area contributed by atoms with Crippen LogP contribution in [-0.2, 0) is 10.1 Å². The molecule has 0 spiro atoms. The van der Waals surface area contributed by atoms with Gasteiger partial charge in [0.05, 0.1) is 0 Å². The van der Waals surface area contributed by atoms with Crippen LogP contribution in [0, 0.1) is 0 Å². The minimum Gasteiger partial charge on any atom is -0.281 e. The second-order valence-electron chi connectivity index (χ2n) is 1.34. The first kappa shape index (κ1) is 14.8. The molecule has 1 radical (unpaired) electrons. The molecule has 9 heteroatoms. The standard InChI is InChI=1S/C2H2F4O3S.K/c3-1(4)2(5,6)10(7,8)9;/h1H,(H,7,8,9);. The van der Waals surface area contributed by atoms with Gasteiger partial charge in [-0.05, 0) is 0 Å².